The average molecular weight is 526 g/mol. The molecular formula is C27H26F3N5O3. The second-order valence-corrected chi connectivity index (χ2v) is 9.13. The van der Waals surface area contributed by atoms with Crippen LogP contribution in [0.2, 0.25) is 0 Å². The van der Waals surface area contributed by atoms with Gasteiger partial charge in [0.05, 0.1) is 29.7 Å². The highest BCUT2D eigenvalue weighted by Crippen LogP contribution is 2.29. The number of carbonyl (C=O) groups is 1. The fourth-order valence-electron chi connectivity index (χ4n) is 4.42. The number of halogens is 3. The Kier molecular flexibility index (Phi) is 7.19. The van der Waals surface area contributed by atoms with Gasteiger partial charge in [-0.2, -0.15) is 0 Å². The summed E-state index contributed by atoms with van der Waals surface area (Å²) in [5.41, 5.74) is 2.71. The Balaban J connectivity index is 1.25. The lowest BCUT2D eigenvalue weighted by Crippen LogP contribution is -2.27. The monoisotopic (exact) mass is 525 g/mol. The van der Waals surface area contributed by atoms with Crippen LogP contribution in [0.5, 0.6) is 17.2 Å². The molecule has 0 spiro atoms. The summed E-state index contributed by atoms with van der Waals surface area (Å²) in [5, 5.41) is 3.10. The van der Waals surface area contributed by atoms with Crippen molar-refractivity contribution in [2.24, 2.45) is 7.05 Å². The van der Waals surface area contributed by atoms with E-state index in [1.165, 1.54) is 24.3 Å². The zero-order chi connectivity index (χ0) is 26.7. The largest absolute Gasteiger partial charge is 0.573 e. The van der Waals surface area contributed by atoms with Crippen LogP contribution in [0.4, 0.5) is 24.8 Å². The number of alkyl halides is 3. The van der Waals surface area contributed by atoms with Crippen molar-refractivity contribution in [3.63, 3.8) is 0 Å². The number of fused-ring (bicyclic) bond motifs is 1. The van der Waals surface area contributed by atoms with Crippen molar-refractivity contribution < 1.29 is 27.4 Å². The zero-order valence-corrected chi connectivity index (χ0v) is 20.7. The van der Waals surface area contributed by atoms with Crippen LogP contribution in [-0.2, 0) is 18.3 Å². The number of aryl methyl sites for hydroxylation is 1. The quantitative estimate of drug-likeness (QED) is 0.304. The van der Waals surface area contributed by atoms with E-state index < -0.39 is 6.36 Å². The first-order valence-corrected chi connectivity index (χ1v) is 12.2. The highest BCUT2D eigenvalue weighted by atomic mass is 19.4. The molecule has 1 fully saturated rings. The number of nitrogens with one attached hydrogen (secondary N) is 1. The van der Waals surface area contributed by atoms with Gasteiger partial charge >= 0.3 is 6.36 Å². The maximum Gasteiger partial charge on any atom is 0.573 e. The summed E-state index contributed by atoms with van der Waals surface area (Å²) < 4.78 is 48.9. The second kappa shape index (κ2) is 10.7. The van der Waals surface area contributed by atoms with Crippen molar-refractivity contribution in [1.82, 2.24) is 19.4 Å². The first kappa shape index (κ1) is 25.5. The molecule has 11 heteroatoms. The van der Waals surface area contributed by atoms with Crippen molar-refractivity contribution in [2.45, 2.75) is 25.6 Å². The van der Waals surface area contributed by atoms with Crippen LogP contribution in [0.1, 0.15) is 18.5 Å². The van der Waals surface area contributed by atoms with Gasteiger partial charge in [0.1, 0.15) is 17.2 Å². The number of likely N-dealkylation sites (tertiary alicyclic amines) is 1. The van der Waals surface area contributed by atoms with Crippen LogP contribution in [0.25, 0.3) is 11.0 Å². The van der Waals surface area contributed by atoms with Gasteiger partial charge in [-0.25, -0.2) is 4.98 Å². The van der Waals surface area contributed by atoms with Gasteiger partial charge in [0.25, 0.3) is 0 Å². The van der Waals surface area contributed by atoms with Crippen molar-refractivity contribution in [3.8, 4) is 17.2 Å². The van der Waals surface area contributed by atoms with Crippen LogP contribution in [0.3, 0.4) is 0 Å². The van der Waals surface area contributed by atoms with Gasteiger partial charge in [-0.1, -0.05) is 0 Å². The summed E-state index contributed by atoms with van der Waals surface area (Å²) in [6.07, 6.45) is -0.581. The Morgan fingerprint density at radius 1 is 1.00 bits per heavy atom. The molecule has 1 N–H and O–H groups in total. The predicted molar refractivity (Wildman–Crippen MR) is 136 cm³/mol. The fraction of sp³-hybridized carbons (Fsp3) is 0.296. The number of benzene rings is 2. The number of hydrogen-bond donors (Lipinski definition) is 1. The van der Waals surface area contributed by atoms with Crippen LogP contribution in [0, 0.1) is 0 Å². The average Bonchev–Trinajstić information content (AvgIpc) is 3.47. The van der Waals surface area contributed by atoms with Gasteiger partial charge in [0.2, 0.25) is 5.95 Å². The molecule has 1 aliphatic rings. The lowest BCUT2D eigenvalue weighted by Gasteiger charge is -2.13. The third-order valence-corrected chi connectivity index (χ3v) is 6.20. The smallest absolute Gasteiger partial charge is 0.457 e. The Hall–Kier alpha value is -4.12. The number of nitrogens with zero attached hydrogens (tertiary/aromatic N) is 4. The minimum Gasteiger partial charge on any atom is -0.457 e. The number of ether oxygens (including phenoxy) is 2. The lowest BCUT2D eigenvalue weighted by atomic mass is 10.2. The van der Waals surface area contributed by atoms with Crippen LogP contribution < -0.4 is 14.8 Å². The maximum atomic E-state index is 12.4. The fourth-order valence-corrected chi connectivity index (χ4v) is 4.42. The van der Waals surface area contributed by atoms with Gasteiger partial charge in [-0.05, 0) is 68.4 Å². The summed E-state index contributed by atoms with van der Waals surface area (Å²) >= 11 is 0. The molecule has 3 heterocycles. The van der Waals surface area contributed by atoms with Gasteiger partial charge in [-0.3, -0.25) is 14.7 Å². The molecule has 0 unspecified atom stereocenters. The van der Waals surface area contributed by atoms with E-state index in [-0.39, 0.29) is 18.0 Å². The van der Waals surface area contributed by atoms with E-state index in [2.05, 4.69) is 24.9 Å². The van der Waals surface area contributed by atoms with E-state index in [4.69, 9.17) is 4.74 Å². The Labute approximate surface area is 217 Å². The van der Waals surface area contributed by atoms with Crippen molar-refractivity contribution in [1.29, 1.82) is 0 Å². The third-order valence-electron chi connectivity index (χ3n) is 6.20. The van der Waals surface area contributed by atoms with Crippen LogP contribution >= 0.6 is 0 Å². The Morgan fingerprint density at radius 2 is 1.71 bits per heavy atom. The first-order chi connectivity index (χ1) is 18.2. The summed E-state index contributed by atoms with van der Waals surface area (Å²) in [7, 11) is 1.83. The van der Waals surface area contributed by atoms with Crippen molar-refractivity contribution in [3.05, 3.63) is 66.5 Å². The van der Waals surface area contributed by atoms with Crippen molar-refractivity contribution in [2.75, 3.05) is 25.0 Å². The van der Waals surface area contributed by atoms with Gasteiger partial charge in [-0.15, -0.1) is 13.2 Å². The molecule has 1 saturated heterocycles. The second-order valence-electron chi connectivity index (χ2n) is 9.13. The van der Waals surface area contributed by atoms with Gasteiger partial charge in [0, 0.05) is 31.1 Å². The number of ketones is 1. The molecular weight excluding hydrogens is 499 g/mol. The number of rotatable bonds is 9. The highest BCUT2D eigenvalue weighted by Gasteiger charge is 2.31. The first-order valence-electron chi connectivity index (χ1n) is 12.2. The molecule has 0 radical (unpaired) electrons. The summed E-state index contributed by atoms with van der Waals surface area (Å²) in [5.74, 6) is 1.47. The Morgan fingerprint density at radius 3 is 2.45 bits per heavy atom. The standard InChI is InChI=1S/C27H26F3N5O3/c1-34-25-9-8-22(37-23-10-11-31-19(15-23)14-20(36)17-35-12-2-3-13-35)16-24(25)33-26(34)32-18-4-6-21(7-5-18)38-27(28,29)30/h4-11,15-16H,2-3,12-14,17H2,1H3,(H,32,33). The van der Waals surface area contributed by atoms with Gasteiger partial charge in [0.15, 0.2) is 5.78 Å². The third kappa shape index (κ3) is 6.41. The zero-order valence-electron chi connectivity index (χ0n) is 20.7. The molecule has 0 bridgehead atoms. The topological polar surface area (TPSA) is 81.5 Å². The normalized spacial score (nSPS) is 14.1. The molecule has 198 valence electrons. The number of anilines is 2. The lowest BCUT2D eigenvalue weighted by molar-refractivity contribution is -0.274. The molecule has 8 nitrogen and oxygen atoms in total. The molecule has 4 aromatic rings. The number of aromatic nitrogens is 3. The molecule has 0 aliphatic carbocycles. The summed E-state index contributed by atoms with van der Waals surface area (Å²) in [6, 6.07) is 14.4. The molecule has 0 atom stereocenters. The van der Waals surface area contributed by atoms with E-state index in [1.807, 2.05) is 23.7 Å². The molecule has 1 aliphatic heterocycles. The molecule has 2 aromatic heterocycles. The van der Waals surface area contributed by atoms with Crippen LogP contribution in [0.15, 0.2) is 60.8 Å². The van der Waals surface area contributed by atoms with E-state index >= 15 is 0 Å². The minimum atomic E-state index is -4.74. The maximum absolute atomic E-state index is 12.4. The molecule has 0 saturated carbocycles. The molecule has 38 heavy (non-hydrogen) atoms. The number of Topliss-reactive ketones (excluding diaryl/α,β-unsaturated/α-hetero) is 1. The van der Waals surface area contributed by atoms with E-state index in [0.717, 1.165) is 31.4 Å². The molecule has 2 aromatic carbocycles. The number of imidazole rings is 1. The summed E-state index contributed by atoms with van der Waals surface area (Å²) in [6.45, 7) is 2.39. The molecule has 0 amide bonds. The Bertz CT molecular complexity index is 1430. The number of hydrogen-bond acceptors (Lipinski definition) is 7. The van der Waals surface area contributed by atoms with Crippen LogP contribution in [-0.4, -0.2) is 51.2 Å². The van der Waals surface area contributed by atoms with E-state index in [0.29, 0.717) is 40.9 Å². The number of carbonyl (C=O) groups excluding carboxylic acids is 1. The number of pyridine rings is 1. The minimum absolute atomic E-state index is 0.133. The summed E-state index contributed by atoms with van der Waals surface area (Å²) in [4.78, 5) is 23.5. The highest BCUT2D eigenvalue weighted by molar-refractivity contribution is 5.83. The van der Waals surface area contributed by atoms with E-state index in [9.17, 15) is 18.0 Å². The van der Waals surface area contributed by atoms with E-state index in [1.54, 1.807) is 24.4 Å². The van der Waals surface area contributed by atoms with Crippen molar-refractivity contribution >= 4 is 28.5 Å². The predicted octanol–water partition coefficient (Wildman–Crippen LogP) is 5.61. The van der Waals surface area contributed by atoms with Gasteiger partial charge < -0.3 is 19.4 Å². The SMILES string of the molecule is Cn1c(Nc2ccc(OC(F)(F)F)cc2)nc2cc(Oc3ccnc(CC(=O)CN4CCCC4)c3)ccc21. The molecule has 5 rings (SSSR count).